The molecule has 2 N–H and O–H groups in total. The van der Waals surface area contributed by atoms with Gasteiger partial charge in [0.2, 0.25) is 23.5 Å². The number of carbonyl (C=O) groups is 1. The highest BCUT2D eigenvalue weighted by atomic mass is 16.5. The van der Waals surface area contributed by atoms with Crippen LogP contribution in [0, 0.1) is 17.8 Å². The molecule has 2 atom stereocenters. The molecule has 3 fully saturated rings. The van der Waals surface area contributed by atoms with Gasteiger partial charge in [-0.25, -0.2) is 14.8 Å². The molecule has 210 valence electrons. The highest BCUT2D eigenvalue weighted by Gasteiger charge is 2.34. The number of aromatic nitrogens is 6. The van der Waals surface area contributed by atoms with E-state index in [2.05, 4.69) is 45.7 Å². The summed E-state index contributed by atoms with van der Waals surface area (Å²) in [4.78, 5) is 45.6. The van der Waals surface area contributed by atoms with Gasteiger partial charge in [0, 0.05) is 32.2 Å². The van der Waals surface area contributed by atoms with E-state index in [1.807, 2.05) is 7.05 Å². The van der Waals surface area contributed by atoms with Gasteiger partial charge in [-0.1, -0.05) is 31.3 Å². The quantitative estimate of drug-likeness (QED) is 0.465. The molecule has 1 aliphatic heterocycles. The molecule has 0 aromatic carbocycles. The maximum atomic E-state index is 12.8. The van der Waals surface area contributed by atoms with Gasteiger partial charge in [-0.3, -0.25) is 14.3 Å². The molecule has 1 amide bonds. The van der Waals surface area contributed by atoms with E-state index in [9.17, 15) is 9.59 Å². The summed E-state index contributed by atoms with van der Waals surface area (Å²) in [5, 5.41) is 7.51. The lowest BCUT2D eigenvalue weighted by Gasteiger charge is -2.39. The van der Waals surface area contributed by atoms with Crippen LogP contribution in [0.25, 0.3) is 22.8 Å². The number of carbonyl (C=O) groups excluding carboxylic acids is 1. The molecule has 12 heteroatoms. The van der Waals surface area contributed by atoms with E-state index in [0.29, 0.717) is 29.8 Å². The second-order valence-electron chi connectivity index (χ2n) is 12.0. The van der Waals surface area contributed by atoms with Crippen LogP contribution < -0.4 is 16.0 Å². The summed E-state index contributed by atoms with van der Waals surface area (Å²) in [6.07, 6.45) is 8.41. The Labute approximate surface area is 227 Å². The Bertz CT molecular complexity index is 1400. The monoisotopic (exact) mass is 537 g/mol. The number of amides is 1. The number of hydrogen-bond donors (Lipinski definition) is 2. The number of rotatable bonds is 7. The number of aromatic amines is 1. The number of anilines is 2. The first-order valence-electron chi connectivity index (χ1n) is 14.4. The van der Waals surface area contributed by atoms with Crippen LogP contribution in [0.15, 0.2) is 9.32 Å². The molecule has 6 rings (SSSR count). The maximum Gasteiger partial charge on any atom is 0.439 e. The van der Waals surface area contributed by atoms with Crippen molar-refractivity contribution >= 4 is 28.8 Å². The minimum atomic E-state index is -0.659. The van der Waals surface area contributed by atoms with Gasteiger partial charge in [0.1, 0.15) is 12.1 Å². The van der Waals surface area contributed by atoms with Crippen LogP contribution in [0.1, 0.15) is 65.7 Å². The number of nitrogens with zero attached hydrogens (tertiary/aromatic N) is 7. The zero-order chi connectivity index (χ0) is 27.3. The third-order valence-corrected chi connectivity index (χ3v) is 9.09. The number of H-pyrrole nitrogens is 1. The van der Waals surface area contributed by atoms with Crippen LogP contribution in [0.5, 0.6) is 0 Å². The average molecular weight is 538 g/mol. The van der Waals surface area contributed by atoms with Crippen LogP contribution in [0.4, 0.5) is 11.8 Å². The van der Waals surface area contributed by atoms with Crippen LogP contribution >= 0.6 is 0 Å². The van der Waals surface area contributed by atoms with E-state index in [0.717, 1.165) is 36.8 Å². The molecule has 3 aliphatic rings. The summed E-state index contributed by atoms with van der Waals surface area (Å²) in [7, 11) is 1.85. The molecular weight excluding hydrogens is 498 g/mol. The normalized spacial score (nSPS) is 25.2. The fraction of sp³-hybridized carbons (Fsp3) is 0.704. The lowest BCUT2D eigenvalue weighted by molar-refractivity contribution is -0.130. The van der Waals surface area contributed by atoms with Crippen LogP contribution in [-0.2, 0) is 11.3 Å². The molecule has 4 heterocycles. The van der Waals surface area contributed by atoms with Crippen molar-refractivity contribution in [2.45, 2.75) is 84.3 Å². The zero-order valence-electron chi connectivity index (χ0n) is 23.3. The van der Waals surface area contributed by atoms with Crippen LogP contribution in [0.3, 0.4) is 0 Å². The molecular formula is C27H39N9O3. The van der Waals surface area contributed by atoms with Gasteiger partial charge in [-0.15, -0.1) is 0 Å². The molecule has 3 aromatic heterocycles. The Morgan fingerprint density at radius 2 is 1.85 bits per heavy atom. The number of piperazine rings is 1. The third kappa shape index (κ3) is 5.00. The molecule has 3 aromatic rings. The Hall–Kier alpha value is -3.44. The average Bonchev–Trinajstić information content (AvgIpc) is 3.45. The number of nitrogens with one attached hydrogen (secondary N) is 2. The molecule has 12 nitrogen and oxygen atoms in total. The van der Waals surface area contributed by atoms with Crippen molar-refractivity contribution in [3.63, 3.8) is 0 Å². The fourth-order valence-corrected chi connectivity index (χ4v) is 6.28. The number of hydrogen-bond acceptors (Lipinski definition) is 9. The predicted molar refractivity (Wildman–Crippen MR) is 147 cm³/mol. The predicted octanol–water partition coefficient (Wildman–Crippen LogP) is 3.26. The fourth-order valence-electron chi connectivity index (χ4n) is 6.28. The van der Waals surface area contributed by atoms with Gasteiger partial charge in [0.15, 0.2) is 11.5 Å². The van der Waals surface area contributed by atoms with Crippen molar-refractivity contribution in [3.05, 3.63) is 10.6 Å². The Morgan fingerprint density at radius 1 is 1.08 bits per heavy atom. The van der Waals surface area contributed by atoms with E-state index >= 15 is 0 Å². The van der Waals surface area contributed by atoms with Crippen molar-refractivity contribution in [2.75, 3.05) is 30.4 Å². The number of likely N-dealkylation sites (N-methyl/N-ethyl adjacent to an activating group) is 1. The second kappa shape index (κ2) is 10.3. The molecule has 0 spiro atoms. The zero-order valence-corrected chi connectivity index (χ0v) is 23.3. The van der Waals surface area contributed by atoms with E-state index < -0.39 is 5.76 Å². The molecule has 39 heavy (non-hydrogen) atoms. The Kier molecular flexibility index (Phi) is 6.80. The van der Waals surface area contributed by atoms with Gasteiger partial charge in [0.05, 0.1) is 0 Å². The van der Waals surface area contributed by atoms with Crippen molar-refractivity contribution < 1.29 is 9.32 Å². The lowest BCUT2D eigenvalue weighted by atomic mass is 9.80. The topological polar surface area (TPSA) is 138 Å². The molecule has 2 aliphatic carbocycles. The molecule has 2 saturated carbocycles. The SMILES string of the molecule is CC1CCC(Cn2c(N3CC(=O)N(C)C[C@H]3C)nc3nc(-c4noc(=O)[nH]4)nc(N[C@H](C)C4CCC4)c32)CC1. The van der Waals surface area contributed by atoms with Gasteiger partial charge in [-0.05, 0) is 57.3 Å². The number of imidazole rings is 1. The third-order valence-electron chi connectivity index (χ3n) is 9.09. The second-order valence-corrected chi connectivity index (χ2v) is 12.0. The molecule has 1 saturated heterocycles. The Balaban J connectivity index is 1.49. The summed E-state index contributed by atoms with van der Waals surface area (Å²) in [5.41, 5.74) is 1.35. The van der Waals surface area contributed by atoms with Gasteiger partial charge in [-0.2, -0.15) is 4.98 Å². The lowest BCUT2D eigenvalue weighted by Crippen LogP contribution is -2.54. The summed E-state index contributed by atoms with van der Waals surface area (Å²) >= 11 is 0. The first-order chi connectivity index (χ1) is 18.8. The first kappa shape index (κ1) is 25.8. The molecule has 0 bridgehead atoms. The maximum absolute atomic E-state index is 12.8. The van der Waals surface area contributed by atoms with Crippen molar-refractivity contribution in [1.29, 1.82) is 0 Å². The smallest absolute Gasteiger partial charge is 0.365 e. The highest BCUT2D eigenvalue weighted by molar-refractivity contribution is 5.89. The summed E-state index contributed by atoms with van der Waals surface area (Å²) in [6.45, 7) is 8.34. The number of fused-ring (bicyclic) bond motifs is 1. The van der Waals surface area contributed by atoms with Crippen LogP contribution in [0.2, 0.25) is 0 Å². The molecule has 0 unspecified atom stereocenters. The van der Waals surface area contributed by atoms with Gasteiger partial charge >= 0.3 is 5.76 Å². The van der Waals surface area contributed by atoms with E-state index in [1.54, 1.807) is 4.90 Å². The van der Waals surface area contributed by atoms with Gasteiger partial charge in [0.25, 0.3) is 0 Å². The van der Waals surface area contributed by atoms with Crippen LogP contribution in [-0.4, -0.2) is 72.7 Å². The minimum absolute atomic E-state index is 0.0714. The first-order valence-corrected chi connectivity index (χ1v) is 14.4. The van der Waals surface area contributed by atoms with E-state index in [4.69, 9.17) is 19.5 Å². The minimum Gasteiger partial charge on any atom is -0.365 e. The van der Waals surface area contributed by atoms with Gasteiger partial charge < -0.3 is 19.7 Å². The summed E-state index contributed by atoms with van der Waals surface area (Å²) in [6, 6.07) is 0.312. The van der Waals surface area contributed by atoms with Crippen molar-refractivity contribution in [1.82, 2.24) is 34.6 Å². The van der Waals surface area contributed by atoms with Crippen molar-refractivity contribution in [2.24, 2.45) is 17.8 Å². The standard InChI is InChI=1S/C27H39N9O3/c1-15-8-10-18(11-9-15)13-36-21-22(28-17(3)19-6-5-7-19)29-24(25-32-27(38)39-33-25)30-23(21)31-26(36)35-14-20(37)34(4)12-16(35)2/h15-19H,5-14H2,1-4H3,(H,28,29,30)(H,32,33,38)/t15?,16-,17-,18?/m1/s1. The van der Waals surface area contributed by atoms with E-state index in [-0.39, 0.29) is 36.2 Å². The largest absolute Gasteiger partial charge is 0.439 e. The molecule has 0 radical (unpaired) electrons. The van der Waals surface area contributed by atoms with Crippen molar-refractivity contribution in [3.8, 4) is 11.6 Å². The Morgan fingerprint density at radius 3 is 2.51 bits per heavy atom. The summed E-state index contributed by atoms with van der Waals surface area (Å²) < 4.78 is 6.99. The highest BCUT2D eigenvalue weighted by Crippen LogP contribution is 2.37. The van der Waals surface area contributed by atoms with E-state index in [1.165, 1.54) is 32.1 Å². The summed E-state index contributed by atoms with van der Waals surface area (Å²) in [5.74, 6) is 3.10.